The van der Waals surface area contributed by atoms with Crippen LogP contribution in [0.4, 0.5) is 0 Å². The zero-order valence-corrected chi connectivity index (χ0v) is 13.8. The number of aromatic nitrogens is 5. The maximum atomic E-state index is 12.5. The number of hydrogen-bond donors (Lipinski definition) is 2. The molecule has 0 aliphatic carbocycles. The van der Waals surface area contributed by atoms with Gasteiger partial charge in [0.05, 0.1) is 23.4 Å². The molecule has 0 saturated heterocycles. The second kappa shape index (κ2) is 7.26. The van der Waals surface area contributed by atoms with Gasteiger partial charge in [-0.3, -0.25) is 14.2 Å². The predicted molar refractivity (Wildman–Crippen MR) is 90.8 cm³/mol. The molecule has 24 heavy (non-hydrogen) atoms. The molecule has 1 atom stereocenters. The first-order valence-corrected chi connectivity index (χ1v) is 8.37. The molecule has 9 heteroatoms. The van der Waals surface area contributed by atoms with Crippen LogP contribution >= 0.6 is 11.8 Å². The number of thioether (sulfide) groups is 1. The summed E-state index contributed by atoms with van der Waals surface area (Å²) in [4.78, 5) is 29.0. The summed E-state index contributed by atoms with van der Waals surface area (Å²) in [7, 11) is 0. The number of para-hydroxylation sites is 1. The average molecular weight is 344 g/mol. The van der Waals surface area contributed by atoms with Gasteiger partial charge in [-0.05, 0) is 19.1 Å². The second-order valence-corrected chi connectivity index (χ2v) is 6.21. The smallest absolute Gasteiger partial charge is 0.261 e. The van der Waals surface area contributed by atoms with Crippen LogP contribution in [0.5, 0.6) is 0 Å². The summed E-state index contributed by atoms with van der Waals surface area (Å²) in [5.41, 5.74) is 0.399. The fourth-order valence-electron chi connectivity index (χ4n) is 2.22. The van der Waals surface area contributed by atoms with Gasteiger partial charge in [0.15, 0.2) is 0 Å². The summed E-state index contributed by atoms with van der Waals surface area (Å²) in [5, 5.41) is 14.2. The van der Waals surface area contributed by atoms with Crippen molar-refractivity contribution in [1.82, 2.24) is 30.3 Å². The Morgan fingerprint density at radius 3 is 3.04 bits per heavy atom. The SMILES string of the molecule is C[C@@H](C(=O)NCCSc1cn[nH]n1)n1cnc2ccccc2c1=O. The zero-order chi connectivity index (χ0) is 16.9. The summed E-state index contributed by atoms with van der Waals surface area (Å²) >= 11 is 1.48. The lowest BCUT2D eigenvalue weighted by Gasteiger charge is -2.15. The van der Waals surface area contributed by atoms with Crippen molar-refractivity contribution < 1.29 is 4.79 Å². The van der Waals surface area contributed by atoms with Crippen molar-refractivity contribution in [2.45, 2.75) is 18.0 Å². The molecule has 124 valence electrons. The highest BCUT2D eigenvalue weighted by molar-refractivity contribution is 7.99. The molecule has 8 nitrogen and oxygen atoms in total. The van der Waals surface area contributed by atoms with E-state index in [0.717, 1.165) is 5.03 Å². The van der Waals surface area contributed by atoms with E-state index in [1.54, 1.807) is 31.3 Å². The van der Waals surface area contributed by atoms with Gasteiger partial charge in [-0.2, -0.15) is 10.3 Å². The summed E-state index contributed by atoms with van der Waals surface area (Å²) in [6, 6.07) is 6.45. The summed E-state index contributed by atoms with van der Waals surface area (Å²) < 4.78 is 1.35. The number of amides is 1. The minimum Gasteiger partial charge on any atom is -0.353 e. The van der Waals surface area contributed by atoms with Gasteiger partial charge in [0.1, 0.15) is 11.1 Å². The van der Waals surface area contributed by atoms with Crippen LogP contribution in [0.25, 0.3) is 10.9 Å². The molecule has 3 rings (SSSR count). The molecule has 2 heterocycles. The summed E-state index contributed by atoms with van der Waals surface area (Å²) in [6.07, 6.45) is 3.04. The normalized spacial score (nSPS) is 12.2. The number of fused-ring (bicyclic) bond motifs is 1. The molecule has 0 aliphatic rings. The molecule has 1 amide bonds. The summed E-state index contributed by atoms with van der Waals surface area (Å²) in [5.74, 6) is 0.436. The van der Waals surface area contributed by atoms with Crippen molar-refractivity contribution in [3.63, 3.8) is 0 Å². The molecular weight excluding hydrogens is 328 g/mol. The highest BCUT2D eigenvalue weighted by Gasteiger charge is 2.17. The van der Waals surface area contributed by atoms with Crippen LogP contribution in [0.15, 0.2) is 46.6 Å². The molecule has 0 radical (unpaired) electrons. The minimum atomic E-state index is -0.633. The van der Waals surface area contributed by atoms with Crippen LogP contribution in [0.1, 0.15) is 13.0 Å². The Morgan fingerprint density at radius 2 is 2.25 bits per heavy atom. The van der Waals surface area contributed by atoms with Crippen LogP contribution in [0.2, 0.25) is 0 Å². The van der Waals surface area contributed by atoms with E-state index < -0.39 is 6.04 Å². The maximum Gasteiger partial charge on any atom is 0.261 e. The number of H-pyrrole nitrogens is 1. The highest BCUT2D eigenvalue weighted by Crippen LogP contribution is 2.11. The molecule has 0 saturated carbocycles. The molecule has 0 aliphatic heterocycles. The number of nitrogens with zero attached hydrogens (tertiary/aromatic N) is 4. The second-order valence-electron chi connectivity index (χ2n) is 5.10. The Morgan fingerprint density at radius 1 is 1.42 bits per heavy atom. The fraction of sp³-hybridized carbons (Fsp3) is 0.267. The van der Waals surface area contributed by atoms with Gasteiger partial charge in [0, 0.05) is 12.3 Å². The van der Waals surface area contributed by atoms with Crippen molar-refractivity contribution in [2.24, 2.45) is 0 Å². The van der Waals surface area contributed by atoms with Crippen molar-refractivity contribution in [3.8, 4) is 0 Å². The number of carbonyl (C=O) groups is 1. The van der Waals surface area contributed by atoms with Gasteiger partial charge in [-0.25, -0.2) is 4.98 Å². The molecular formula is C15H16N6O2S. The van der Waals surface area contributed by atoms with Crippen LogP contribution in [-0.4, -0.2) is 43.2 Å². The van der Waals surface area contributed by atoms with Crippen molar-refractivity contribution in [1.29, 1.82) is 0 Å². The number of hydrogen-bond acceptors (Lipinski definition) is 6. The lowest BCUT2D eigenvalue weighted by Crippen LogP contribution is -2.36. The fourth-order valence-corrected chi connectivity index (χ4v) is 2.87. The number of benzene rings is 1. The maximum absolute atomic E-state index is 12.5. The van der Waals surface area contributed by atoms with E-state index in [0.29, 0.717) is 23.2 Å². The third-order valence-corrected chi connectivity index (χ3v) is 4.43. The molecule has 2 aromatic heterocycles. The molecule has 0 bridgehead atoms. The molecule has 0 fully saturated rings. The highest BCUT2D eigenvalue weighted by atomic mass is 32.2. The summed E-state index contributed by atoms with van der Waals surface area (Å²) in [6.45, 7) is 2.15. The molecule has 0 unspecified atom stereocenters. The van der Waals surface area contributed by atoms with Gasteiger partial charge in [-0.15, -0.1) is 16.9 Å². The third-order valence-electron chi connectivity index (χ3n) is 3.53. The Hall–Kier alpha value is -2.68. The predicted octanol–water partition coefficient (Wildman–Crippen LogP) is 0.984. The standard InChI is InChI=1S/C15H16N6O2S/c1-10(14(22)16-6-7-24-13-8-18-20-19-13)21-9-17-12-5-3-2-4-11(12)15(21)23/h2-5,8-10H,6-7H2,1H3,(H,16,22)(H,18,19,20)/t10-/m0/s1. The van der Waals surface area contributed by atoms with E-state index in [1.165, 1.54) is 22.7 Å². The van der Waals surface area contributed by atoms with Crippen LogP contribution in [0.3, 0.4) is 0 Å². The first-order valence-electron chi connectivity index (χ1n) is 7.39. The van der Waals surface area contributed by atoms with Crippen molar-refractivity contribution >= 4 is 28.6 Å². The van der Waals surface area contributed by atoms with Crippen molar-refractivity contribution in [2.75, 3.05) is 12.3 Å². The van der Waals surface area contributed by atoms with Gasteiger partial charge >= 0.3 is 0 Å². The van der Waals surface area contributed by atoms with Crippen LogP contribution in [0, 0.1) is 0 Å². The van der Waals surface area contributed by atoms with Gasteiger partial charge in [-0.1, -0.05) is 12.1 Å². The molecule has 0 spiro atoms. The van der Waals surface area contributed by atoms with E-state index in [9.17, 15) is 9.59 Å². The first kappa shape index (κ1) is 16.2. The topological polar surface area (TPSA) is 106 Å². The van der Waals surface area contributed by atoms with E-state index in [-0.39, 0.29) is 11.5 Å². The van der Waals surface area contributed by atoms with Gasteiger partial charge in [0.2, 0.25) is 5.91 Å². The lowest BCUT2D eigenvalue weighted by molar-refractivity contribution is -0.123. The number of aromatic amines is 1. The molecule has 2 N–H and O–H groups in total. The van der Waals surface area contributed by atoms with E-state index in [2.05, 4.69) is 25.7 Å². The Balaban J connectivity index is 1.63. The molecule has 3 aromatic rings. The Kier molecular flexibility index (Phi) is 4.90. The third kappa shape index (κ3) is 3.46. The lowest BCUT2D eigenvalue weighted by atomic mass is 10.2. The average Bonchev–Trinajstić information content (AvgIpc) is 3.12. The van der Waals surface area contributed by atoms with E-state index >= 15 is 0 Å². The zero-order valence-electron chi connectivity index (χ0n) is 13.0. The Bertz CT molecular complexity index is 892. The van der Waals surface area contributed by atoms with E-state index in [4.69, 9.17) is 0 Å². The first-order chi connectivity index (χ1) is 11.7. The van der Waals surface area contributed by atoms with Crippen LogP contribution in [-0.2, 0) is 4.79 Å². The van der Waals surface area contributed by atoms with E-state index in [1.807, 2.05) is 6.07 Å². The number of carbonyl (C=O) groups excluding carboxylic acids is 1. The largest absolute Gasteiger partial charge is 0.353 e. The van der Waals surface area contributed by atoms with Gasteiger partial charge < -0.3 is 5.32 Å². The minimum absolute atomic E-state index is 0.222. The molecule has 1 aromatic carbocycles. The van der Waals surface area contributed by atoms with Crippen LogP contribution < -0.4 is 10.9 Å². The number of rotatable bonds is 6. The number of nitrogens with one attached hydrogen (secondary N) is 2. The Labute approximate surface area is 141 Å². The quantitative estimate of drug-likeness (QED) is 0.510. The monoisotopic (exact) mass is 344 g/mol. The van der Waals surface area contributed by atoms with Gasteiger partial charge in [0.25, 0.3) is 5.56 Å². The van der Waals surface area contributed by atoms with Crippen molar-refractivity contribution in [3.05, 3.63) is 47.1 Å².